The highest BCUT2D eigenvalue weighted by molar-refractivity contribution is 7.13. The predicted octanol–water partition coefficient (Wildman–Crippen LogP) is 3.62. The van der Waals surface area contributed by atoms with Crippen molar-refractivity contribution in [2.75, 3.05) is 0 Å². The first-order chi connectivity index (χ1) is 26.8. The third-order valence-electron chi connectivity index (χ3n) is 9.08. The molecule has 0 atom stereocenters. The molecule has 0 aliphatic rings. The summed E-state index contributed by atoms with van der Waals surface area (Å²) in [6.45, 7) is 8.76. The molecule has 21 heteroatoms. The topological polar surface area (TPSA) is 278 Å². The van der Waals surface area contributed by atoms with Crippen molar-refractivity contribution < 1.29 is 19.8 Å². The van der Waals surface area contributed by atoms with Crippen LogP contribution in [0, 0.1) is 13.8 Å². The maximum atomic E-state index is 11.7. The summed E-state index contributed by atoms with van der Waals surface area (Å²) in [6, 6.07) is 3.19. The van der Waals surface area contributed by atoms with Crippen molar-refractivity contribution in [1.29, 1.82) is 0 Å². The number of pyridine rings is 2. The highest BCUT2D eigenvalue weighted by Crippen LogP contribution is 2.37. The Morgan fingerprint density at radius 3 is 1.96 bits per heavy atom. The van der Waals surface area contributed by atoms with Crippen LogP contribution < -0.4 is 11.5 Å². The number of hydrogen-bond acceptors (Lipinski definition) is 14. The van der Waals surface area contributed by atoms with Gasteiger partial charge in [0, 0.05) is 43.3 Å². The maximum absolute atomic E-state index is 11.7. The Morgan fingerprint density at radius 2 is 1.38 bits per heavy atom. The zero-order valence-electron chi connectivity index (χ0n) is 31.3. The van der Waals surface area contributed by atoms with Crippen LogP contribution in [0.5, 0.6) is 11.5 Å². The van der Waals surface area contributed by atoms with E-state index in [1.54, 1.807) is 71.2 Å². The van der Waals surface area contributed by atoms with Gasteiger partial charge in [-0.1, -0.05) is 13.3 Å². The molecule has 288 valence electrons. The van der Waals surface area contributed by atoms with Crippen LogP contribution >= 0.6 is 11.3 Å². The average molecular weight is 779 g/mol. The van der Waals surface area contributed by atoms with Crippen LogP contribution in [0.15, 0.2) is 29.9 Å². The van der Waals surface area contributed by atoms with Crippen LogP contribution in [0.4, 0.5) is 0 Å². The molecule has 0 fully saturated rings. The van der Waals surface area contributed by atoms with E-state index in [1.165, 1.54) is 11.3 Å². The van der Waals surface area contributed by atoms with E-state index in [1.807, 2.05) is 12.3 Å². The average Bonchev–Trinajstić information content (AvgIpc) is 4.05. The van der Waals surface area contributed by atoms with Crippen LogP contribution in [0.3, 0.4) is 0 Å². The molecule has 0 aromatic carbocycles. The second-order valence-electron chi connectivity index (χ2n) is 12.8. The Hall–Kier alpha value is -7.03. The molecule has 0 saturated carbocycles. The van der Waals surface area contributed by atoms with Gasteiger partial charge in [-0.15, -0.1) is 11.3 Å². The van der Waals surface area contributed by atoms with E-state index in [2.05, 4.69) is 57.5 Å². The molecule has 0 unspecified atom stereocenters. The van der Waals surface area contributed by atoms with Gasteiger partial charge in [-0.3, -0.25) is 33.4 Å². The number of aromatic amines is 1. The molecule has 8 heterocycles. The fraction of sp³-hybridized carbons (Fsp3) is 0.286. The number of carbonyl (C=O) groups is 2. The number of aromatic hydroxyl groups is 2. The maximum Gasteiger partial charge on any atom is 0.267 e. The fourth-order valence-electron chi connectivity index (χ4n) is 6.16. The number of H-pyrrole nitrogens is 1. The molecule has 0 saturated heterocycles. The second kappa shape index (κ2) is 14.7. The summed E-state index contributed by atoms with van der Waals surface area (Å²) in [7, 11) is 3.54. The van der Waals surface area contributed by atoms with E-state index in [4.69, 9.17) is 11.5 Å². The highest BCUT2D eigenvalue weighted by atomic mass is 32.1. The molecule has 56 heavy (non-hydrogen) atoms. The summed E-state index contributed by atoms with van der Waals surface area (Å²) >= 11 is 1.37. The van der Waals surface area contributed by atoms with E-state index in [9.17, 15) is 19.8 Å². The van der Waals surface area contributed by atoms with Gasteiger partial charge in [-0.05, 0) is 39.3 Å². The van der Waals surface area contributed by atoms with Gasteiger partial charge < -0.3 is 21.7 Å². The zero-order chi connectivity index (χ0) is 40.0. The minimum absolute atomic E-state index is 0.0502. The van der Waals surface area contributed by atoms with Gasteiger partial charge in [0.2, 0.25) is 5.82 Å². The van der Waals surface area contributed by atoms with Gasteiger partial charge in [0.15, 0.2) is 17.3 Å². The Morgan fingerprint density at radius 1 is 0.804 bits per heavy atom. The number of thiazole rings is 1. The standard InChI is InChI=1S/C18H21N9O2.C17H17N7O2S/c1-4-5-6-27-14(15(28)9(2)25-27)18-22-17(23-24-18)13-10-8-20-26(3)12(10)7-11(21-13)16(19)29;1-4-24-14(15(25)8(2)22-24)17-21-11(7-27-17)13-9-6-19-23(3)12(9)5-10(20-13)16(18)26/h7-8,28H,4-6H2,1-3H3,(H2,19,29)(H,22,23,24);5-7,25H,4H2,1-3H3,(H2,18,26). The van der Waals surface area contributed by atoms with Crippen LogP contribution in [-0.2, 0) is 27.2 Å². The third kappa shape index (κ3) is 6.56. The summed E-state index contributed by atoms with van der Waals surface area (Å²) in [4.78, 5) is 41.3. The Kier molecular flexibility index (Phi) is 9.76. The monoisotopic (exact) mass is 778 g/mol. The van der Waals surface area contributed by atoms with Gasteiger partial charge in [0.05, 0.1) is 23.4 Å². The number of aryl methyl sites for hydroxylation is 6. The molecule has 0 aliphatic carbocycles. The van der Waals surface area contributed by atoms with Crippen LogP contribution in [0.1, 0.15) is 59.1 Å². The number of nitrogens with zero attached hydrogens (tertiary/aromatic N) is 13. The lowest BCUT2D eigenvalue weighted by Gasteiger charge is -2.04. The first-order valence-electron chi connectivity index (χ1n) is 17.5. The van der Waals surface area contributed by atoms with E-state index >= 15 is 0 Å². The molecule has 2 amide bonds. The third-order valence-corrected chi connectivity index (χ3v) is 9.93. The molecule has 8 rings (SSSR count). The summed E-state index contributed by atoms with van der Waals surface area (Å²) < 4.78 is 6.70. The molecular formula is C35H38N16O4S. The number of primary amides is 2. The summed E-state index contributed by atoms with van der Waals surface area (Å²) in [5.41, 5.74) is 16.1. The van der Waals surface area contributed by atoms with Crippen molar-refractivity contribution in [3.05, 3.63) is 52.7 Å². The molecule has 0 aliphatic heterocycles. The summed E-state index contributed by atoms with van der Waals surface area (Å²) in [5.74, 6) is -0.487. The van der Waals surface area contributed by atoms with E-state index in [0.29, 0.717) is 74.7 Å². The highest BCUT2D eigenvalue weighted by Gasteiger charge is 2.24. The van der Waals surface area contributed by atoms with E-state index < -0.39 is 11.8 Å². The number of carbonyl (C=O) groups excluding carboxylic acids is 2. The number of fused-ring (bicyclic) bond motifs is 2. The lowest BCUT2D eigenvalue weighted by atomic mass is 10.1. The zero-order valence-corrected chi connectivity index (χ0v) is 32.1. The van der Waals surface area contributed by atoms with Crippen LogP contribution in [-0.4, -0.2) is 91.3 Å². The van der Waals surface area contributed by atoms with Crippen LogP contribution in [0.2, 0.25) is 0 Å². The molecule has 8 aromatic rings. The van der Waals surface area contributed by atoms with Gasteiger partial charge >= 0.3 is 0 Å². The molecule has 7 N–H and O–H groups in total. The second-order valence-corrected chi connectivity index (χ2v) is 13.7. The number of nitrogens with two attached hydrogens (primary N) is 2. The Labute approximate surface area is 321 Å². The lowest BCUT2D eigenvalue weighted by molar-refractivity contribution is 0.0987. The molecular weight excluding hydrogens is 741 g/mol. The molecule has 0 radical (unpaired) electrons. The molecule has 8 aromatic heterocycles. The lowest BCUT2D eigenvalue weighted by Crippen LogP contribution is -2.13. The van der Waals surface area contributed by atoms with Crippen molar-refractivity contribution in [2.45, 2.75) is 53.6 Å². The van der Waals surface area contributed by atoms with E-state index in [-0.39, 0.29) is 28.7 Å². The van der Waals surface area contributed by atoms with Crippen molar-refractivity contribution >= 4 is 45.0 Å². The van der Waals surface area contributed by atoms with Crippen molar-refractivity contribution in [3.63, 3.8) is 0 Å². The first-order valence-corrected chi connectivity index (χ1v) is 18.4. The van der Waals surface area contributed by atoms with Gasteiger partial charge in [0.25, 0.3) is 11.8 Å². The molecule has 20 nitrogen and oxygen atoms in total. The first kappa shape index (κ1) is 37.3. The largest absolute Gasteiger partial charge is 0.504 e. The SMILES string of the molecule is CCCCn1nc(C)c(O)c1-c1nc(-c2nc(C(N)=O)cc3c2cnn3C)n[nH]1.CCn1nc(C)c(O)c1-c1nc(-c2nc(C(N)=O)cc3c2cnn3C)cs1. The Balaban J connectivity index is 0.000000172. The quantitative estimate of drug-likeness (QED) is 0.133. The minimum atomic E-state index is -0.656. The van der Waals surface area contributed by atoms with E-state index in [0.717, 1.165) is 23.7 Å². The molecule has 0 bridgehead atoms. The van der Waals surface area contributed by atoms with Gasteiger partial charge in [0.1, 0.15) is 56.3 Å². The number of nitrogens with one attached hydrogen (secondary N) is 1. The van der Waals surface area contributed by atoms with Crippen LogP contribution in [0.25, 0.3) is 66.9 Å². The smallest absolute Gasteiger partial charge is 0.267 e. The number of unbranched alkanes of at least 4 members (excludes halogenated alkanes) is 1. The van der Waals surface area contributed by atoms with Crippen molar-refractivity contribution in [3.8, 4) is 56.6 Å². The summed E-state index contributed by atoms with van der Waals surface area (Å²) in [5, 5.41) is 49.0. The number of rotatable bonds is 10. The van der Waals surface area contributed by atoms with Crippen molar-refractivity contribution in [2.24, 2.45) is 25.6 Å². The number of hydrogen-bond donors (Lipinski definition) is 5. The van der Waals surface area contributed by atoms with Crippen molar-refractivity contribution in [1.82, 2.24) is 69.3 Å². The predicted molar refractivity (Wildman–Crippen MR) is 206 cm³/mol. The number of aromatic nitrogens is 14. The normalized spacial score (nSPS) is 11.4. The minimum Gasteiger partial charge on any atom is -0.504 e. The molecule has 0 spiro atoms. The van der Waals surface area contributed by atoms with Gasteiger partial charge in [-0.25, -0.2) is 19.9 Å². The number of amides is 2. The Bertz CT molecular complexity index is 2780. The van der Waals surface area contributed by atoms with Gasteiger partial charge in [-0.2, -0.15) is 25.5 Å². The fourth-order valence-corrected chi connectivity index (χ4v) is 7.01. The summed E-state index contributed by atoms with van der Waals surface area (Å²) in [6.07, 6.45) is 5.21.